The molecule has 2 heterocycles. The van der Waals surface area contributed by atoms with Crippen LogP contribution < -0.4 is 5.32 Å². The number of thiocarbonyl (C=S) groups is 1. The Morgan fingerprint density at radius 3 is 2.57 bits per heavy atom. The Hall–Kier alpha value is -2.11. The number of carbonyl (C=O) groups excluding carboxylic acids is 1. The minimum absolute atomic E-state index is 0.176. The smallest absolute Gasteiger partial charge is 0.276 e. The second kappa shape index (κ2) is 5.35. The molecule has 2 aromatic rings. The van der Waals surface area contributed by atoms with Gasteiger partial charge in [0.1, 0.15) is 17.2 Å². The van der Waals surface area contributed by atoms with Crippen LogP contribution in [0.4, 0.5) is 0 Å². The monoisotopic (exact) mass is 318 g/mol. The van der Waals surface area contributed by atoms with Gasteiger partial charge in [-0.1, -0.05) is 11.6 Å². The molecule has 1 fully saturated rings. The first kappa shape index (κ1) is 13.9. The van der Waals surface area contributed by atoms with Gasteiger partial charge in [0.2, 0.25) is 0 Å². The van der Waals surface area contributed by atoms with Crippen LogP contribution in [-0.2, 0) is 4.79 Å². The molecule has 0 unspecified atom stereocenters. The van der Waals surface area contributed by atoms with Crippen LogP contribution >= 0.6 is 23.8 Å². The summed E-state index contributed by atoms with van der Waals surface area (Å²) in [5.74, 6) is 1.11. The Morgan fingerprint density at radius 2 is 1.95 bits per heavy atom. The van der Waals surface area contributed by atoms with Crippen molar-refractivity contribution in [1.82, 2.24) is 10.2 Å². The molecule has 0 radical (unpaired) electrons. The van der Waals surface area contributed by atoms with E-state index in [2.05, 4.69) is 5.32 Å². The topological polar surface area (TPSA) is 45.5 Å². The van der Waals surface area contributed by atoms with E-state index in [4.69, 9.17) is 28.2 Å². The zero-order valence-corrected chi connectivity index (χ0v) is 12.7. The highest BCUT2D eigenvalue weighted by molar-refractivity contribution is 7.80. The van der Waals surface area contributed by atoms with Crippen molar-refractivity contribution in [3.8, 4) is 11.3 Å². The van der Waals surface area contributed by atoms with Crippen LogP contribution in [0.1, 0.15) is 5.76 Å². The summed E-state index contributed by atoms with van der Waals surface area (Å²) in [5, 5.41) is 3.91. The SMILES string of the molecule is CN1C(=O)/C(=C\c2ccc(-c3ccc(Cl)cc3)o2)NC1=S. The summed E-state index contributed by atoms with van der Waals surface area (Å²) in [6, 6.07) is 11.0. The van der Waals surface area contributed by atoms with Crippen molar-refractivity contribution in [1.29, 1.82) is 0 Å². The maximum Gasteiger partial charge on any atom is 0.276 e. The van der Waals surface area contributed by atoms with E-state index in [1.54, 1.807) is 31.3 Å². The van der Waals surface area contributed by atoms with Crippen molar-refractivity contribution in [2.24, 2.45) is 0 Å². The van der Waals surface area contributed by atoms with Gasteiger partial charge in [-0.25, -0.2) is 0 Å². The number of hydrogen-bond acceptors (Lipinski definition) is 3. The molecule has 1 aliphatic heterocycles. The molecule has 106 valence electrons. The maximum absolute atomic E-state index is 11.9. The van der Waals surface area contributed by atoms with Crippen LogP contribution in [0.2, 0.25) is 5.02 Å². The lowest BCUT2D eigenvalue weighted by molar-refractivity contribution is -0.121. The van der Waals surface area contributed by atoms with Crippen LogP contribution in [0.15, 0.2) is 46.5 Å². The number of nitrogens with one attached hydrogen (secondary N) is 1. The van der Waals surface area contributed by atoms with Crippen molar-refractivity contribution >= 4 is 40.9 Å². The highest BCUT2D eigenvalue weighted by Gasteiger charge is 2.27. The third-order valence-electron chi connectivity index (χ3n) is 3.12. The van der Waals surface area contributed by atoms with E-state index in [0.29, 0.717) is 27.4 Å². The van der Waals surface area contributed by atoms with Gasteiger partial charge in [0, 0.05) is 23.7 Å². The number of nitrogens with zero attached hydrogens (tertiary/aromatic N) is 1. The van der Waals surface area contributed by atoms with Gasteiger partial charge in [-0.05, 0) is 48.6 Å². The summed E-state index contributed by atoms with van der Waals surface area (Å²) in [4.78, 5) is 13.3. The van der Waals surface area contributed by atoms with Crippen molar-refractivity contribution in [2.75, 3.05) is 7.05 Å². The largest absolute Gasteiger partial charge is 0.457 e. The van der Waals surface area contributed by atoms with Gasteiger partial charge in [0.25, 0.3) is 5.91 Å². The van der Waals surface area contributed by atoms with Gasteiger partial charge < -0.3 is 9.73 Å². The maximum atomic E-state index is 11.9. The fourth-order valence-electron chi connectivity index (χ4n) is 1.97. The predicted octanol–water partition coefficient (Wildman–Crippen LogP) is 3.29. The molecule has 1 N–H and O–H groups in total. The van der Waals surface area contributed by atoms with Gasteiger partial charge in [-0.3, -0.25) is 9.69 Å². The molecule has 3 rings (SSSR count). The molecule has 21 heavy (non-hydrogen) atoms. The van der Waals surface area contributed by atoms with Crippen LogP contribution in [0.25, 0.3) is 17.4 Å². The van der Waals surface area contributed by atoms with Crippen LogP contribution in [0, 0.1) is 0 Å². The normalized spacial score (nSPS) is 16.7. The third-order valence-corrected chi connectivity index (χ3v) is 3.75. The Morgan fingerprint density at radius 1 is 1.24 bits per heavy atom. The van der Waals surface area contributed by atoms with Gasteiger partial charge in [0.15, 0.2) is 5.11 Å². The molecule has 6 heteroatoms. The summed E-state index contributed by atoms with van der Waals surface area (Å²) in [6.07, 6.45) is 1.64. The van der Waals surface area contributed by atoms with E-state index in [-0.39, 0.29) is 5.91 Å². The van der Waals surface area contributed by atoms with Crippen molar-refractivity contribution in [2.45, 2.75) is 0 Å². The van der Waals surface area contributed by atoms with E-state index in [9.17, 15) is 4.79 Å². The molecule has 1 amide bonds. The molecule has 0 atom stereocenters. The molecular weight excluding hydrogens is 308 g/mol. The predicted molar refractivity (Wildman–Crippen MR) is 85.6 cm³/mol. The highest BCUT2D eigenvalue weighted by atomic mass is 35.5. The van der Waals surface area contributed by atoms with Crippen molar-refractivity contribution < 1.29 is 9.21 Å². The van der Waals surface area contributed by atoms with Crippen LogP contribution in [0.5, 0.6) is 0 Å². The molecule has 1 aliphatic rings. The summed E-state index contributed by atoms with van der Waals surface area (Å²) in [6.45, 7) is 0. The minimum atomic E-state index is -0.176. The molecule has 1 saturated heterocycles. The summed E-state index contributed by atoms with van der Waals surface area (Å²) in [5.41, 5.74) is 1.32. The average Bonchev–Trinajstić information content (AvgIpc) is 3.02. The number of amides is 1. The molecule has 1 aromatic carbocycles. The van der Waals surface area contributed by atoms with Gasteiger partial charge in [-0.2, -0.15) is 0 Å². The number of halogens is 1. The van der Waals surface area contributed by atoms with Crippen molar-refractivity contribution in [3.63, 3.8) is 0 Å². The molecule has 4 nitrogen and oxygen atoms in total. The molecule has 0 spiro atoms. The van der Waals surface area contributed by atoms with Crippen LogP contribution in [0.3, 0.4) is 0 Å². The van der Waals surface area contributed by atoms with Gasteiger partial charge in [-0.15, -0.1) is 0 Å². The van der Waals surface area contributed by atoms with E-state index in [1.807, 2.05) is 18.2 Å². The first-order chi connectivity index (χ1) is 10.0. The lowest BCUT2D eigenvalue weighted by Crippen LogP contribution is -2.25. The molecule has 0 bridgehead atoms. The Kier molecular flexibility index (Phi) is 3.53. The van der Waals surface area contributed by atoms with Gasteiger partial charge in [0.05, 0.1) is 0 Å². The standard InChI is InChI=1S/C15H11ClN2O2S/c1-18-14(19)12(17-15(18)21)8-11-6-7-13(20-11)9-2-4-10(16)5-3-9/h2-8H,1H3,(H,17,21)/b12-8+. The third kappa shape index (κ3) is 2.70. The zero-order chi connectivity index (χ0) is 15.0. The molecule has 1 aromatic heterocycles. The number of carbonyl (C=O) groups is 1. The lowest BCUT2D eigenvalue weighted by atomic mass is 10.2. The average molecular weight is 319 g/mol. The second-order valence-corrected chi connectivity index (χ2v) is 5.38. The highest BCUT2D eigenvalue weighted by Crippen LogP contribution is 2.25. The molecule has 0 saturated carbocycles. The van der Waals surface area contributed by atoms with Crippen molar-refractivity contribution in [3.05, 3.63) is 52.9 Å². The van der Waals surface area contributed by atoms with E-state index in [0.717, 1.165) is 5.56 Å². The van der Waals surface area contributed by atoms with Gasteiger partial charge >= 0.3 is 0 Å². The quantitative estimate of drug-likeness (QED) is 0.682. The fourth-order valence-corrected chi connectivity index (χ4v) is 2.28. The summed E-state index contributed by atoms with van der Waals surface area (Å²) in [7, 11) is 1.62. The zero-order valence-electron chi connectivity index (χ0n) is 11.1. The van der Waals surface area contributed by atoms with Crippen LogP contribution in [-0.4, -0.2) is 23.0 Å². The number of likely N-dealkylation sites (N-methyl/N-ethyl adjacent to an activating group) is 1. The number of benzene rings is 1. The number of hydrogen-bond donors (Lipinski definition) is 1. The van der Waals surface area contributed by atoms with E-state index in [1.165, 1.54) is 4.90 Å². The Bertz CT molecular complexity index is 749. The Labute approximate surface area is 132 Å². The number of rotatable bonds is 2. The minimum Gasteiger partial charge on any atom is -0.457 e. The first-order valence-corrected chi connectivity index (χ1v) is 7.00. The second-order valence-electron chi connectivity index (χ2n) is 4.56. The summed E-state index contributed by atoms with van der Waals surface area (Å²) >= 11 is 10.9. The Balaban J connectivity index is 1.87. The molecule has 0 aliphatic carbocycles. The first-order valence-electron chi connectivity index (χ1n) is 6.21. The lowest BCUT2D eigenvalue weighted by Gasteiger charge is -2.02. The molecular formula is C15H11ClN2O2S. The van der Waals surface area contributed by atoms with E-state index < -0.39 is 0 Å². The van der Waals surface area contributed by atoms with E-state index >= 15 is 0 Å². The summed E-state index contributed by atoms with van der Waals surface area (Å²) < 4.78 is 5.72. The fraction of sp³-hybridized carbons (Fsp3) is 0.0667. The number of furan rings is 1.